The van der Waals surface area contributed by atoms with Crippen molar-refractivity contribution in [3.63, 3.8) is 0 Å². The molecule has 1 aliphatic rings. The molecule has 0 radical (unpaired) electrons. The van der Waals surface area contributed by atoms with Gasteiger partial charge in [-0.05, 0) is 19.4 Å². The van der Waals surface area contributed by atoms with E-state index in [1.54, 1.807) is 4.90 Å². The molecule has 1 saturated heterocycles. The van der Waals surface area contributed by atoms with E-state index in [0.29, 0.717) is 13.0 Å². The normalized spacial score (nSPS) is 27.1. The zero-order chi connectivity index (χ0) is 9.84. The third-order valence-corrected chi connectivity index (χ3v) is 2.46. The van der Waals surface area contributed by atoms with E-state index >= 15 is 0 Å². The number of carboxylic acid groups (broad SMARTS) is 1. The van der Waals surface area contributed by atoms with Crippen molar-refractivity contribution in [2.45, 2.75) is 24.4 Å². The third-order valence-electron chi connectivity index (χ3n) is 2.13. The third kappa shape index (κ3) is 3.48. The molecule has 0 bridgehead atoms. The van der Waals surface area contributed by atoms with Gasteiger partial charge in [0.2, 0.25) is 0 Å². The molecule has 0 spiro atoms. The molecular formula is C8H13ClFNO2. The number of aliphatic carboxylic acids is 1. The van der Waals surface area contributed by atoms with Gasteiger partial charge in [-0.15, -0.1) is 11.6 Å². The highest BCUT2D eigenvalue weighted by Gasteiger charge is 2.23. The lowest BCUT2D eigenvalue weighted by Crippen LogP contribution is -2.41. The predicted molar refractivity (Wildman–Crippen MR) is 47.8 cm³/mol. The van der Waals surface area contributed by atoms with Gasteiger partial charge in [-0.2, -0.15) is 0 Å². The number of piperidine rings is 1. The number of carboxylic acids is 1. The summed E-state index contributed by atoms with van der Waals surface area (Å²) in [7, 11) is 0. The van der Waals surface area contributed by atoms with Gasteiger partial charge in [0.25, 0.3) is 0 Å². The molecule has 0 aromatic rings. The van der Waals surface area contributed by atoms with Gasteiger partial charge in [0.15, 0.2) is 0 Å². The van der Waals surface area contributed by atoms with Crippen LogP contribution in [0.25, 0.3) is 0 Å². The van der Waals surface area contributed by atoms with Crippen LogP contribution in [0.4, 0.5) is 4.39 Å². The fraction of sp³-hybridized carbons (Fsp3) is 0.875. The highest BCUT2D eigenvalue weighted by atomic mass is 35.5. The first-order chi connectivity index (χ1) is 6.09. The number of likely N-dealkylation sites (tertiary alicyclic amines) is 1. The van der Waals surface area contributed by atoms with E-state index in [1.807, 2.05) is 0 Å². The minimum Gasteiger partial charge on any atom is -0.480 e. The number of rotatable bonds is 3. The van der Waals surface area contributed by atoms with E-state index < -0.39 is 17.5 Å². The summed E-state index contributed by atoms with van der Waals surface area (Å²) in [6.07, 6.45) is 0.535. The minimum absolute atomic E-state index is 0.233. The molecule has 0 aliphatic carbocycles. The average Bonchev–Trinajstić information content (AvgIpc) is 2.04. The Kier molecular flexibility index (Phi) is 3.93. The molecule has 2 unspecified atom stereocenters. The van der Waals surface area contributed by atoms with Gasteiger partial charge in [0, 0.05) is 13.1 Å². The molecule has 3 nitrogen and oxygen atoms in total. The van der Waals surface area contributed by atoms with Crippen LogP contribution in [0, 0.1) is 0 Å². The van der Waals surface area contributed by atoms with E-state index in [-0.39, 0.29) is 6.54 Å². The first-order valence-corrected chi connectivity index (χ1v) is 4.76. The smallest absolute Gasteiger partial charge is 0.322 e. The van der Waals surface area contributed by atoms with Crippen molar-refractivity contribution in [3.8, 4) is 0 Å². The zero-order valence-corrected chi connectivity index (χ0v) is 8.00. The van der Waals surface area contributed by atoms with Gasteiger partial charge < -0.3 is 5.11 Å². The summed E-state index contributed by atoms with van der Waals surface area (Å²) in [6.45, 7) is 1.30. The summed E-state index contributed by atoms with van der Waals surface area (Å²) in [4.78, 5) is 12.2. The molecular weight excluding hydrogens is 197 g/mol. The van der Waals surface area contributed by atoms with Crippen LogP contribution in [-0.4, -0.2) is 47.2 Å². The largest absolute Gasteiger partial charge is 0.480 e. The van der Waals surface area contributed by atoms with Crippen molar-refractivity contribution >= 4 is 17.6 Å². The molecule has 1 aliphatic heterocycles. The highest BCUT2D eigenvalue weighted by molar-refractivity contribution is 6.29. The van der Waals surface area contributed by atoms with Crippen LogP contribution < -0.4 is 0 Å². The van der Waals surface area contributed by atoms with Gasteiger partial charge in [0.05, 0.1) is 0 Å². The van der Waals surface area contributed by atoms with E-state index in [2.05, 4.69) is 0 Å². The second kappa shape index (κ2) is 4.77. The molecule has 2 atom stereocenters. The Morgan fingerprint density at radius 3 is 3.00 bits per heavy atom. The SMILES string of the molecule is O=C(O)C(Cl)CN1CCCC(F)C1. The summed E-state index contributed by atoms with van der Waals surface area (Å²) < 4.78 is 12.9. The van der Waals surface area contributed by atoms with Gasteiger partial charge >= 0.3 is 5.97 Å². The monoisotopic (exact) mass is 209 g/mol. The van der Waals surface area contributed by atoms with Gasteiger partial charge in [-0.3, -0.25) is 9.69 Å². The first kappa shape index (κ1) is 10.7. The second-order valence-corrected chi connectivity index (χ2v) is 3.83. The fourth-order valence-electron chi connectivity index (χ4n) is 1.47. The number of nitrogens with zero attached hydrogens (tertiary/aromatic N) is 1. The van der Waals surface area contributed by atoms with Crippen LogP contribution in [0.15, 0.2) is 0 Å². The Balaban J connectivity index is 2.31. The second-order valence-electron chi connectivity index (χ2n) is 3.30. The predicted octanol–water partition coefficient (Wildman–Crippen LogP) is 1.11. The molecule has 13 heavy (non-hydrogen) atoms. The number of alkyl halides is 2. The summed E-state index contributed by atoms with van der Waals surface area (Å²) >= 11 is 5.53. The van der Waals surface area contributed by atoms with Crippen molar-refractivity contribution in [1.29, 1.82) is 0 Å². The Labute approximate surface area is 81.5 Å². The molecule has 0 amide bonds. The molecule has 1 N–H and O–H groups in total. The molecule has 5 heteroatoms. The Morgan fingerprint density at radius 1 is 1.77 bits per heavy atom. The molecule has 0 aromatic heterocycles. The molecule has 0 saturated carbocycles. The van der Waals surface area contributed by atoms with E-state index in [9.17, 15) is 9.18 Å². The summed E-state index contributed by atoms with van der Waals surface area (Å²) in [6, 6.07) is 0. The van der Waals surface area contributed by atoms with E-state index in [1.165, 1.54) is 0 Å². The van der Waals surface area contributed by atoms with Crippen molar-refractivity contribution in [3.05, 3.63) is 0 Å². The lowest BCUT2D eigenvalue weighted by molar-refractivity contribution is -0.137. The topological polar surface area (TPSA) is 40.5 Å². The van der Waals surface area contributed by atoms with Crippen molar-refractivity contribution < 1.29 is 14.3 Å². The summed E-state index contributed by atoms with van der Waals surface area (Å²) in [5.74, 6) is -1.04. The number of halogens is 2. The van der Waals surface area contributed by atoms with Crippen LogP contribution in [0.3, 0.4) is 0 Å². The lowest BCUT2D eigenvalue weighted by atomic mass is 10.1. The lowest BCUT2D eigenvalue weighted by Gasteiger charge is -2.29. The van der Waals surface area contributed by atoms with Crippen LogP contribution in [0.1, 0.15) is 12.8 Å². The molecule has 1 heterocycles. The number of hydrogen-bond acceptors (Lipinski definition) is 2. The van der Waals surface area contributed by atoms with Crippen LogP contribution in [0.2, 0.25) is 0 Å². The minimum atomic E-state index is -1.04. The molecule has 76 valence electrons. The highest BCUT2D eigenvalue weighted by Crippen LogP contribution is 2.14. The van der Waals surface area contributed by atoms with Crippen LogP contribution >= 0.6 is 11.6 Å². The summed E-state index contributed by atoms with van der Waals surface area (Å²) in [5.41, 5.74) is 0. The maximum absolute atomic E-state index is 12.9. The van der Waals surface area contributed by atoms with Crippen LogP contribution in [0.5, 0.6) is 0 Å². The molecule has 1 rings (SSSR count). The average molecular weight is 210 g/mol. The standard InChI is InChI=1S/C8H13ClFNO2/c9-7(8(12)13)5-11-3-1-2-6(10)4-11/h6-7H,1-5H2,(H,12,13). The fourth-order valence-corrected chi connectivity index (χ4v) is 1.66. The van der Waals surface area contributed by atoms with Crippen molar-refractivity contribution in [2.75, 3.05) is 19.6 Å². The molecule has 0 aromatic carbocycles. The van der Waals surface area contributed by atoms with Crippen molar-refractivity contribution in [2.24, 2.45) is 0 Å². The van der Waals surface area contributed by atoms with E-state index in [4.69, 9.17) is 16.7 Å². The maximum Gasteiger partial charge on any atom is 0.322 e. The van der Waals surface area contributed by atoms with Gasteiger partial charge in [-0.25, -0.2) is 4.39 Å². The maximum atomic E-state index is 12.9. The first-order valence-electron chi connectivity index (χ1n) is 4.33. The number of carbonyl (C=O) groups is 1. The zero-order valence-electron chi connectivity index (χ0n) is 7.25. The Hall–Kier alpha value is -0.350. The van der Waals surface area contributed by atoms with Crippen molar-refractivity contribution in [1.82, 2.24) is 4.90 Å². The quantitative estimate of drug-likeness (QED) is 0.708. The number of hydrogen-bond donors (Lipinski definition) is 1. The molecule has 1 fully saturated rings. The Bertz CT molecular complexity index is 191. The van der Waals surface area contributed by atoms with Gasteiger partial charge in [0.1, 0.15) is 11.5 Å². The van der Waals surface area contributed by atoms with E-state index in [0.717, 1.165) is 13.0 Å². The Morgan fingerprint density at radius 2 is 2.46 bits per heavy atom. The van der Waals surface area contributed by atoms with Gasteiger partial charge in [-0.1, -0.05) is 0 Å². The summed E-state index contributed by atoms with van der Waals surface area (Å²) in [5, 5.41) is 7.60. The van der Waals surface area contributed by atoms with Crippen LogP contribution in [-0.2, 0) is 4.79 Å².